The zero-order valence-corrected chi connectivity index (χ0v) is 24.2. The second kappa shape index (κ2) is 10.8. The van der Waals surface area contributed by atoms with E-state index in [0.29, 0.717) is 11.4 Å². The topological polar surface area (TPSA) is 16.4 Å². The minimum absolute atomic E-state index is 0.0989. The fourth-order valence-corrected chi connectivity index (χ4v) is 6.10. The fraction of sp³-hybridized carbons (Fsp3) is 0. The minimum Gasteiger partial charge on any atom is -0.455 e. The predicted octanol–water partition coefficient (Wildman–Crippen LogP) is 12.7. The van der Waals surface area contributed by atoms with Gasteiger partial charge in [-0.05, 0) is 69.2 Å². The summed E-state index contributed by atoms with van der Waals surface area (Å²) in [7, 11) is 0. The zero-order chi connectivity index (χ0) is 40.0. The molecule has 1 aromatic heterocycles. The van der Waals surface area contributed by atoms with Crippen LogP contribution >= 0.6 is 0 Å². The third-order valence-electron chi connectivity index (χ3n) is 8.25. The van der Waals surface area contributed by atoms with E-state index in [0.717, 1.165) is 43.8 Å². The minimum atomic E-state index is -0.667. The Bertz CT molecular complexity index is 3120. The Hall–Kier alpha value is -6.12. The van der Waals surface area contributed by atoms with Crippen LogP contribution in [0.25, 0.3) is 65.7 Å². The summed E-state index contributed by atoms with van der Waals surface area (Å²) >= 11 is 0. The van der Waals surface area contributed by atoms with Gasteiger partial charge in [0.2, 0.25) is 0 Å². The van der Waals surface area contributed by atoms with Crippen molar-refractivity contribution in [2.75, 3.05) is 4.90 Å². The van der Waals surface area contributed by atoms with Crippen molar-refractivity contribution in [3.05, 3.63) is 176 Å². The maximum absolute atomic E-state index is 9.49. The van der Waals surface area contributed by atoms with Crippen LogP contribution in [-0.2, 0) is 0 Å². The molecule has 8 aromatic carbocycles. The van der Waals surface area contributed by atoms with Crippen molar-refractivity contribution >= 4 is 60.5 Å². The molecule has 9 rings (SSSR count). The van der Waals surface area contributed by atoms with E-state index < -0.39 is 72.0 Å². The first kappa shape index (κ1) is 17.4. The van der Waals surface area contributed by atoms with Crippen molar-refractivity contribution in [1.82, 2.24) is 0 Å². The Morgan fingerprint density at radius 1 is 0.435 bits per heavy atom. The predicted molar refractivity (Wildman–Crippen MR) is 194 cm³/mol. The molecule has 0 aliphatic heterocycles. The number of benzene rings is 8. The van der Waals surface area contributed by atoms with Crippen LogP contribution in [0.4, 0.5) is 17.1 Å². The molecule has 9 aromatic rings. The SMILES string of the molecule is [2H]c1c([2H])c(N(c2ccc(-c3cccc4c3oc3ccccc34)cc2)c2cccc3ccccc23)c([2H])c([2H])c1-c1c([2H])c([2H])c([2H])c2c([2H])c([2H])c([2H])c([2H])c12. The molecule has 0 atom stereocenters. The lowest BCUT2D eigenvalue weighted by Crippen LogP contribution is -2.10. The van der Waals surface area contributed by atoms with E-state index in [1.165, 1.54) is 0 Å². The molecule has 0 bridgehead atoms. The normalized spacial score (nSPS) is 14.8. The van der Waals surface area contributed by atoms with E-state index in [9.17, 15) is 5.48 Å². The molecule has 0 spiro atoms. The van der Waals surface area contributed by atoms with Gasteiger partial charge < -0.3 is 9.32 Å². The van der Waals surface area contributed by atoms with Crippen LogP contribution in [-0.4, -0.2) is 0 Å². The molecule has 1 heterocycles. The highest BCUT2D eigenvalue weighted by Gasteiger charge is 2.17. The monoisotopic (exact) mass is 598 g/mol. The summed E-state index contributed by atoms with van der Waals surface area (Å²) in [5.41, 5.74) is 3.42. The van der Waals surface area contributed by atoms with Gasteiger partial charge in [0, 0.05) is 33.1 Å². The Morgan fingerprint density at radius 3 is 2.04 bits per heavy atom. The number of nitrogens with zero attached hydrogens (tertiary/aromatic N) is 1. The van der Waals surface area contributed by atoms with Crippen LogP contribution in [0.15, 0.2) is 180 Å². The molecule has 0 amide bonds. The maximum atomic E-state index is 9.49. The molecule has 0 saturated carbocycles. The van der Waals surface area contributed by atoms with Gasteiger partial charge in [0.25, 0.3) is 0 Å². The van der Waals surface area contributed by atoms with Gasteiger partial charge in [0.15, 0.2) is 0 Å². The largest absolute Gasteiger partial charge is 0.455 e. The van der Waals surface area contributed by atoms with Crippen molar-refractivity contribution in [1.29, 1.82) is 0 Å². The van der Waals surface area contributed by atoms with Crippen molar-refractivity contribution in [3.8, 4) is 22.3 Å². The fourth-order valence-electron chi connectivity index (χ4n) is 6.10. The molecule has 0 aliphatic rings. The van der Waals surface area contributed by atoms with Crippen LogP contribution in [0, 0.1) is 0 Å². The highest BCUT2D eigenvalue weighted by atomic mass is 16.3. The smallest absolute Gasteiger partial charge is 0.143 e. The zero-order valence-electron chi connectivity index (χ0n) is 35.2. The molecule has 0 radical (unpaired) electrons. The van der Waals surface area contributed by atoms with E-state index in [1.54, 1.807) is 4.90 Å². The number of fused-ring (bicyclic) bond motifs is 5. The van der Waals surface area contributed by atoms with Gasteiger partial charge in [-0.1, -0.05) is 139 Å². The van der Waals surface area contributed by atoms with E-state index in [4.69, 9.17) is 14.0 Å². The lowest BCUT2D eigenvalue weighted by Gasteiger charge is -2.27. The maximum Gasteiger partial charge on any atom is 0.143 e. The molecule has 0 N–H and O–H groups in total. The van der Waals surface area contributed by atoms with Crippen LogP contribution in [0.1, 0.15) is 15.1 Å². The van der Waals surface area contributed by atoms with Gasteiger partial charge in [-0.25, -0.2) is 0 Å². The third-order valence-corrected chi connectivity index (χ3v) is 8.25. The van der Waals surface area contributed by atoms with Gasteiger partial charge in [0.1, 0.15) is 11.2 Å². The van der Waals surface area contributed by atoms with Crippen molar-refractivity contribution in [2.24, 2.45) is 0 Å². The van der Waals surface area contributed by atoms with Gasteiger partial charge in [-0.2, -0.15) is 0 Å². The molecule has 0 fully saturated rings. The molecule has 0 unspecified atom stereocenters. The van der Waals surface area contributed by atoms with Gasteiger partial charge in [-0.15, -0.1) is 0 Å². The summed E-state index contributed by atoms with van der Waals surface area (Å²) in [5, 5.41) is 2.97. The number of furan rings is 1. The highest BCUT2D eigenvalue weighted by Crippen LogP contribution is 2.42. The second-order valence-corrected chi connectivity index (χ2v) is 10.9. The summed E-state index contributed by atoms with van der Waals surface area (Å²) < 4.78 is 104. The molecule has 46 heavy (non-hydrogen) atoms. The van der Waals surface area contributed by atoms with Crippen LogP contribution in [0.2, 0.25) is 0 Å². The molecule has 216 valence electrons. The van der Waals surface area contributed by atoms with E-state index in [-0.39, 0.29) is 22.0 Å². The third kappa shape index (κ3) is 4.35. The number of para-hydroxylation sites is 2. The van der Waals surface area contributed by atoms with Crippen molar-refractivity contribution in [2.45, 2.75) is 0 Å². The van der Waals surface area contributed by atoms with Crippen LogP contribution < -0.4 is 4.90 Å². The van der Waals surface area contributed by atoms with Gasteiger partial charge in [0.05, 0.1) is 20.8 Å². The first-order valence-corrected chi connectivity index (χ1v) is 14.8. The molecule has 2 nitrogen and oxygen atoms in total. The highest BCUT2D eigenvalue weighted by molar-refractivity contribution is 6.09. The summed E-state index contributed by atoms with van der Waals surface area (Å²) in [4.78, 5) is 1.66. The number of hydrogen-bond donors (Lipinski definition) is 0. The van der Waals surface area contributed by atoms with Crippen LogP contribution in [0.3, 0.4) is 0 Å². The summed E-state index contributed by atoms with van der Waals surface area (Å²) in [6.07, 6.45) is 0. The lowest BCUT2D eigenvalue weighted by molar-refractivity contribution is 0.670. The average molecular weight is 599 g/mol. The van der Waals surface area contributed by atoms with Gasteiger partial charge in [-0.3, -0.25) is 0 Å². The standard InChI is InChI=1S/C44H29NO/c1-3-14-36-30(10-1)12-7-17-37(36)32-22-26-34(27-23-32)45(42-20-8-13-31-11-2-4-15-38(31)42)35-28-24-33(25-29-35)39-18-9-19-41-40-16-5-6-21-43(40)46-44(39)41/h1-29H/i1D,3D,7D,10D,12D,14D,17D,22D,23D,26D,27D. The van der Waals surface area contributed by atoms with E-state index in [1.807, 2.05) is 109 Å². The van der Waals surface area contributed by atoms with Crippen molar-refractivity contribution in [3.63, 3.8) is 0 Å². The molecule has 0 aliphatic carbocycles. The summed E-state index contributed by atoms with van der Waals surface area (Å²) in [6.45, 7) is 0. The first-order valence-electron chi connectivity index (χ1n) is 20.3. The Kier molecular flexibility index (Phi) is 4.08. The first-order chi connectivity index (χ1) is 27.4. The van der Waals surface area contributed by atoms with Crippen LogP contribution in [0.5, 0.6) is 0 Å². The molecular weight excluding hydrogens is 558 g/mol. The van der Waals surface area contributed by atoms with Gasteiger partial charge >= 0.3 is 0 Å². The average Bonchev–Trinajstić information content (AvgIpc) is 3.62. The van der Waals surface area contributed by atoms with E-state index in [2.05, 4.69) is 0 Å². The Morgan fingerprint density at radius 2 is 1.15 bits per heavy atom. The lowest BCUT2D eigenvalue weighted by atomic mass is 9.98. The Balaban J connectivity index is 1.29. The quantitative estimate of drug-likeness (QED) is 0.196. The summed E-state index contributed by atoms with van der Waals surface area (Å²) in [6, 6.07) is 28.0. The molecule has 0 saturated heterocycles. The molecular formula is C44H29NO. The second-order valence-electron chi connectivity index (χ2n) is 10.9. The number of hydrogen-bond acceptors (Lipinski definition) is 2. The number of anilines is 3. The summed E-state index contributed by atoms with van der Waals surface area (Å²) in [5.74, 6) is 0. The number of rotatable bonds is 5. The molecule has 2 heteroatoms. The Labute approximate surface area is 282 Å². The van der Waals surface area contributed by atoms with E-state index >= 15 is 0 Å². The van der Waals surface area contributed by atoms with Crippen molar-refractivity contribution < 1.29 is 19.5 Å².